The third-order valence-electron chi connectivity index (χ3n) is 11.5. The Morgan fingerprint density at radius 1 is 0.492 bits per heavy atom. The number of allylic oxidation sites excluding steroid dienone is 14. The maximum atomic E-state index is 13.2. The molecule has 0 fully saturated rings. The number of hydrogen-bond acceptors (Lipinski definition) is 5. The number of hydrogen-bond donors (Lipinski definition) is 3. The Hall–Kier alpha value is -2.96. The van der Waals surface area contributed by atoms with E-state index in [-0.39, 0.29) is 24.9 Å². The fraction of sp³-hybridized carbons (Fsp3) is 0.719. The van der Waals surface area contributed by atoms with E-state index in [1.54, 1.807) is 0 Å². The molecule has 0 radical (unpaired) electrons. The lowest BCUT2D eigenvalue weighted by Crippen LogP contribution is -2.46. The maximum absolute atomic E-state index is 13.2. The molecule has 1 amide bonds. The number of nitrogens with one attached hydrogen (secondary N) is 1. The minimum atomic E-state index is -0.810. The largest absolute Gasteiger partial charge is 0.462 e. The van der Waals surface area contributed by atoms with E-state index < -0.39 is 18.2 Å². The molecule has 0 aliphatic heterocycles. The van der Waals surface area contributed by atoms with Gasteiger partial charge < -0.3 is 20.3 Å². The molecule has 0 aromatic heterocycles. The van der Waals surface area contributed by atoms with Crippen LogP contribution in [-0.2, 0) is 14.3 Å². The van der Waals surface area contributed by atoms with Crippen molar-refractivity contribution in [3.05, 3.63) is 85.1 Å². The van der Waals surface area contributed by atoms with Crippen LogP contribution in [0, 0.1) is 0 Å². The van der Waals surface area contributed by atoms with Gasteiger partial charge in [-0.25, -0.2) is 0 Å². The van der Waals surface area contributed by atoms with Crippen LogP contribution >= 0.6 is 0 Å². The number of amides is 1. The van der Waals surface area contributed by atoms with Crippen LogP contribution in [0.25, 0.3) is 0 Å². The van der Waals surface area contributed by atoms with Crippen molar-refractivity contribution in [2.45, 2.75) is 257 Å². The van der Waals surface area contributed by atoms with Crippen LogP contribution in [0.4, 0.5) is 0 Å². The molecule has 3 atom stereocenters. The number of aliphatic hydroxyl groups excluding tert-OH is 2. The summed E-state index contributed by atoms with van der Waals surface area (Å²) in [6.07, 6.45) is 65.1. The molecule has 0 saturated carbocycles. The molecular formula is C57H99NO5. The van der Waals surface area contributed by atoms with Gasteiger partial charge in [-0.1, -0.05) is 228 Å². The maximum Gasteiger partial charge on any atom is 0.306 e. The third-order valence-corrected chi connectivity index (χ3v) is 11.5. The van der Waals surface area contributed by atoms with Gasteiger partial charge in [0.1, 0.15) is 6.10 Å². The molecular weight excluding hydrogens is 779 g/mol. The highest BCUT2D eigenvalue weighted by atomic mass is 16.5. The summed E-state index contributed by atoms with van der Waals surface area (Å²) in [6.45, 7) is 6.30. The number of ether oxygens (including phenoxy) is 1. The molecule has 0 aliphatic rings. The fourth-order valence-corrected chi connectivity index (χ4v) is 7.54. The Labute approximate surface area is 389 Å². The van der Waals surface area contributed by atoms with Crippen LogP contribution < -0.4 is 5.32 Å². The number of rotatable bonds is 46. The summed E-state index contributed by atoms with van der Waals surface area (Å²) in [5, 5.41) is 23.8. The normalized spacial score (nSPS) is 13.9. The van der Waals surface area contributed by atoms with E-state index in [9.17, 15) is 19.8 Å². The Kier molecular flexibility index (Phi) is 47.7. The highest BCUT2D eigenvalue weighted by Gasteiger charge is 2.24. The van der Waals surface area contributed by atoms with Crippen molar-refractivity contribution in [2.24, 2.45) is 0 Å². The minimum absolute atomic E-state index is 0.0289. The number of carbonyl (C=O) groups is 2. The molecule has 6 nitrogen and oxygen atoms in total. The van der Waals surface area contributed by atoms with Gasteiger partial charge in [0.25, 0.3) is 0 Å². The highest BCUT2D eigenvalue weighted by molar-refractivity contribution is 5.77. The fourth-order valence-electron chi connectivity index (χ4n) is 7.54. The van der Waals surface area contributed by atoms with Gasteiger partial charge in [-0.3, -0.25) is 9.59 Å². The van der Waals surface area contributed by atoms with Crippen LogP contribution in [0.5, 0.6) is 0 Å². The predicted octanol–water partition coefficient (Wildman–Crippen LogP) is 16.0. The first-order valence-corrected chi connectivity index (χ1v) is 26.3. The second-order valence-electron chi connectivity index (χ2n) is 17.6. The molecule has 0 heterocycles. The van der Waals surface area contributed by atoms with Crippen LogP contribution in [0.1, 0.15) is 239 Å². The first-order chi connectivity index (χ1) is 31.0. The van der Waals surface area contributed by atoms with E-state index in [1.807, 2.05) is 12.2 Å². The van der Waals surface area contributed by atoms with Crippen LogP contribution in [0.15, 0.2) is 85.1 Å². The van der Waals surface area contributed by atoms with Crippen molar-refractivity contribution >= 4 is 11.9 Å². The van der Waals surface area contributed by atoms with E-state index in [0.717, 1.165) is 77.0 Å². The summed E-state index contributed by atoms with van der Waals surface area (Å²) >= 11 is 0. The lowest BCUT2D eigenvalue weighted by Gasteiger charge is -2.24. The average Bonchev–Trinajstić information content (AvgIpc) is 3.28. The van der Waals surface area contributed by atoms with Crippen LogP contribution in [0.2, 0.25) is 0 Å². The zero-order valence-electron chi connectivity index (χ0n) is 41.2. The Morgan fingerprint density at radius 2 is 0.921 bits per heavy atom. The molecule has 6 heteroatoms. The second kappa shape index (κ2) is 50.0. The van der Waals surface area contributed by atoms with E-state index in [0.29, 0.717) is 25.7 Å². The SMILES string of the molecule is CC/C=C/C=C/C=C\CCCCCC(CC(=O)NC(CO)C(O)CCCCCCCCCCCCCCCCCC)OC(=O)CCC/C=C\C/C=C\C/C=C\C/C=C\CCCCC. The van der Waals surface area contributed by atoms with Crippen molar-refractivity contribution in [1.82, 2.24) is 5.32 Å². The van der Waals surface area contributed by atoms with Crippen molar-refractivity contribution in [3.63, 3.8) is 0 Å². The lowest BCUT2D eigenvalue weighted by molar-refractivity contribution is -0.151. The summed E-state index contributed by atoms with van der Waals surface area (Å²) in [5.41, 5.74) is 0. The molecule has 3 N–H and O–H groups in total. The second-order valence-corrected chi connectivity index (χ2v) is 17.6. The monoisotopic (exact) mass is 878 g/mol. The zero-order chi connectivity index (χ0) is 45.9. The van der Waals surface area contributed by atoms with E-state index in [2.05, 4.69) is 99.0 Å². The first kappa shape index (κ1) is 60.0. The van der Waals surface area contributed by atoms with Crippen LogP contribution in [0.3, 0.4) is 0 Å². The highest BCUT2D eigenvalue weighted by Crippen LogP contribution is 2.17. The van der Waals surface area contributed by atoms with Gasteiger partial charge in [0.05, 0.1) is 25.2 Å². The van der Waals surface area contributed by atoms with Crippen molar-refractivity contribution in [1.29, 1.82) is 0 Å². The average molecular weight is 878 g/mol. The van der Waals surface area contributed by atoms with Crippen molar-refractivity contribution in [2.75, 3.05) is 6.61 Å². The smallest absolute Gasteiger partial charge is 0.306 e. The molecule has 0 aromatic carbocycles. The molecule has 0 aliphatic carbocycles. The van der Waals surface area contributed by atoms with Gasteiger partial charge in [0.2, 0.25) is 5.91 Å². The molecule has 0 rings (SSSR count). The molecule has 63 heavy (non-hydrogen) atoms. The van der Waals surface area contributed by atoms with Crippen molar-refractivity contribution < 1.29 is 24.5 Å². The van der Waals surface area contributed by atoms with Gasteiger partial charge in [-0.15, -0.1) is 0 Å². The van der Waals surface area contributed by atoms with E-state index in [4.69, 9.17) is 4.74 Å². The van der Waals surface area contributed by atoms with Crippen molar-refractivity contribution in [3.8, 4) is 0 Å². The predicted molar refractivity (Wildman–Crippen MR) is 273 cm³/mol. The number of esters is 1. The topological polar surface area (TPSA) is 95.9 Å². The molecule has 0 saturated heterocycles. The van der Waals surface area contributed by atoms with Gasteiger partial charge in [-0.2, -0.15) is 0 Å². The van der Waals surface area contributed by atoms with Gasteiger partial charge in [0, 0.05) is 6.42 Å². The summed E-state index contributed by atoms with van der Waals surface area (Å²) < 4.78 is 5.88. The molecule has 0 spiro atoms. The zero-order valence-corrected chi connectivity index (χ0v) is 41.2. The van der Waals surface area contributed by atoms with Crippen LogP contribution in [-0.4, -0.2) is 46.9 Å². The Morgan fingerprint density at radius 3 is 1.46 bits per heavy atom. The van der Waals surface area contributed by atoms with Gasteiger partial charge in [0.15, 0.2) is 0 Å². The number of unbranched alkanes of at least 4 members (excludes halogenated alkanes) is 22. The summed E-state index contributed by atoms with van der Waals surface area (Å²) in [4.78, 5) is 26.1. The minimum Gasteiger partial charge on any atom is -0.462 e. The third kappa shape index (κ3) is 45.4. The molecule has 3 unspecified atom stereocenters. The molecule has 362 valence electrons. The summed E-state index contributed by atoms with van der Waals surface area (Å²) in [6, 6.07) is -0.728. The van der Waals surface area contributed by atoms with E-state index >= 15 is 0 Å². The first-order valence-electron chi connectivity index (χ1n) is 26.3. The van der Waals surface area contributed by atoms with Gasteiger partial charge >= 0.3 is 5.97 Å². The quantitative estimate of drug-likeness (QED) is 0.0245. The summed E-state index contributed by atoms with van der Waals surface area (Å²) in [5.74, 6) is -0.580. The molecule has 0 aromatic rings. The standard InChI is InChI=1S/C57H99NO5/c1-4-7-10-13-16-19-22-24-26-28-30-32-35-38-41-44-47-50-57(62)63-53(48-45-42-39-36-33-21-18-15-12-9-6-3)51-56(61)58-54(52-59)55(60)49-46-43-40-37-34-31-29-27-25-23-20-17-14-11-8-5-2/h9,12,15-16,18-19,21,24,26,30,32-33,38,41,53-55,59-60H,4-8,10-11,13-14,17,20,22-23,25,27-29,31,34-37,39-40,42-52H2,1-3H3,(H,58,61)/b12-9+,18-15+,19-16-,26-24-,32-30-,33-21-,41-38-. The number of carbonyl (C=O) groups excluding carboxylic acids is 2. The summed E-state index contributed by atoms with van der Waals surface area (Å²) in [7, 11) is 0. The Balaban J connectivity index is 4.62. The van der Waals surface area contributed by atoms with Gasteiger partial charge in [-0.05, 0) is 83.5 Å². The molecule has 0 bridgehead atoms. The Bertz CT molecular complexity index is 1210. The van der Waals surface area contributed by atoms with E-state index in [1.165, 1.54) is 109 Å². The lowest BCUT2D eigenvalue weighted by atomic mass is 10.0. The number of aliphatic hydroxyl groups is 2.